The van der Waals surface area contributed by atoms with E-state index in [0.717, 1.165) is 32.3 Å². The number of carbonyl (C=O) groups is 1. The lowest BCUT2D eigenvalue weighted by Gasteiger charge is -2.25. The fourth-order valence-corrected chi connectivity index (χ4v) is 6.46. The molecule has 0 radical (unpaired) electrons. The minimum absolute atomic E-state index is 0.0224. The zero-order chi connectivity index (χ0) is 23.1. The molecule has 7 heteroatoms. The maximum Gasteiger partial charge on any atom is 0.267 e. The molecule has 0 spiro atoms. The molecular formula is C26H25N3O2S2. The molecule has 0 unspecified atom stereocenters. The molecule has 4 aromatic rings. The molecule has 0 saturated heterocycles. The Morgan fingerprint density at radius 2 is 1.91 bits per heavy atom. The molecule has 0 atom stereocenters. The second-order valence-electron chi connectivity index (χ2n) is 8.52. The summed E-state index contributed by atoms with van der Waals surface area (Å²) in [6, 6.07) is 16.5. The Kier molecular flexibility index (Phi) is 5.85. The molecule has 168 valence electrons. The van der Waals surface area contributed by atoms with Gasteiger partial charge in [-0.25, -0.2) is 4.98 Å². The Labute approximate surface area is 201 Å². The van der Waals surface area contributed by atoms with Gasteiger partial charge in [0.2, 0.25) is 5.91 Å². The summed E-state index contributed by atoms with van der Waals surface area (Å²) in [6.07, 6.45) is 0.690. The average molecular weight is 476 g/mol. The normalized spacial score (nSPS) is 13.4. The Balaban J connectivity index is 1.64. The first-order chi connectivity index (χ1) is 15.9. The number of benzene rings is 2. The van der Waals surface area contributed by atoms with Crippen LogP contribution < -0.4 is 5.56 Å². The van der Waals surface area contributed by atoms with E-state index in [0.29, 0.717) is 30.1 Å². The quantitative estimate of drug-likeness (QED) is 0.298. The summed E-state index contributed by atoms with van der Waals surface area (Å²) in [5.41, 5.74) is 5.38. The van der Waals surface area contributed by atoms with Crippen LogP contribution in [-0.2, 0) is 23.5 Å². The first-order valence-corrected chi connectivity index (χ1v) is 12.8. The second kappa shape index (κ2) is 8.80. The lowest BCUT2D eigenvalue weighted by molar-refractivity contribution is -0.129. The van der Waals surface area contributed by atoms with E-state index in [1.165, 1.54) is 11.1 Å². The highest BCUT2D eigenvalue weighted by atomic mass is 32.2. The Morgan fingerprint density at radius 1 is 1.12 bits per heavy atom. The SMILES string of the molecule is CC(=O)N1CCc2c(sc3nc(SCc4ccc(C)cc4)n(-c4cccc(C)c4)c(=O)c23)C1. The molecule has 1 amide bonds. The van der Waals surface area contributed by atoms with Crippen molar-refractivity contribution in [1.29, 1.82) is 0 Å². The molecule has 1 aliphatic heterocycles. The molecule has 0 aliphatic carbocycles. The summed E-state index contributed by atoms with van der Waals surface area (Å²) in [6.45, 7) is 6.90. The van der Waals surface area contributed by atoms with Gasteiger partial charge in [-0.15, -0.1) is 11.3 Å². The maximum absolute atomic E-state index is 13.9. The van der Waals surface area contributed by atoms with E-state index in [9.17, 15) is 9.59 Å². The fraction of sp³-hybridized carbons (Fsp3) is 0.269. The average Bonchev–Trinajstić information content (AvgIpc) is 3.16. The van der Waals surface area contributed by atoms with Crippen LogP contribution in [0.15, 0.2) is 58.5 Å². The van der Waals surface area contributed by atoms with E-state index in [2.05, 4.69) is 31.2 Å². The molecule has 0 saturated carbocycles. The summed E-state index contributed by atoms with van der Waals surface area (Å²) >= 11 is 3.13. The molecule has 5 rings (SSSR count). The van der Waals surface area contributed by atoms with Crippen molar-refractivity contribution >= 4 is 39.2 Å². The van der Waals surface area contributed by atoms with Gasteiger partial charge in [-0.05, 0) is 49.1 Å². The van der Waals surface area contributed by atoms with E-state index in [1.807, 2.05) is 36.1 Å². The number of rotatable bonds is 4. The number of hydrogen-bond acceptors (Lipinski definition) is 5. The molecule has 2 aromatic heterocycles. The number of thiophene rings is 1. The van der Waals surface area contributed by atoms with Crippen molar-refractivity contribution in [2.24, 2.45) is 0 Å². The summed E-state index contributed by atoms with van der Waals surface area (Å²) in [5, 5.41) is 1.40. The molecular weight excluding hydrogens is 450 g/mol. The minimum Gasteiger partial charge on any atom is -0.337 e. The van der Waals surface area contributed by atoms with Crippen LogP contribution in [0.2, 0.25) is 0 Å². The Morgan fingerprint density at radius 3 is 2.64 bits per heavy atom. The van der Waals surface area contributed by atoms with Crippen molar-refractivity contribution in [2.45, 2.75) is 44.6 Å². The third kappa shape index (κ3) is 4.23. The van der Waals surface area contributed by atoms with Crippen molar-refractivity contribution in [1.82, 2.24) is 14.5 Å². The number of hydrogen-bond donors (Lipinski definition) is 0. The lowest BCUT2D eigenvalue weighted by atomic mass is 10.1. The van der Waals surface area contributed by atoms with E-state index >= 15 is 0 Å². The van der Waals surface area contributed by atoms with Crippen molar-refractivity contribution in [3.05, 3.63) is 86.0 Å². The lowest BCUT2D eigenvalue weighted by Crippen LogP contribution is -2.34. The van der Waals surface area contributed by atoms with Crippen LogP contribution in [0, 0.1) is 13.8 Å². The summed E-state index contributed by atoms with van der Waals surface area (Å²) in [4.78, 5) is 34.5. The molecule has 0 fully saturated rings. The third-order valence-corrected chi connectivity index (χ3v) is 8.16. The van der Waals surface area contributed by atoms with Gasteiger partial charge in [0, 0.05) is 24.1 Å². The first kappa shape index (κ1) is 21.9. The molecule has 3 heterocycles. The van der Waals surface area contributed by atoms with Gasteiger partial charge in [-0.3, -0.25) is 14.2 Å². The maximum atomic E-state index is 13.9. The van der Waals surface area contributed by atoms with E-state index in [-0.39, 0.29) is 11.5 Å². The summed E-state index contributed by atoms with van der Waals surface area (Å²) in [5.74, 6) is 0.797. The van der Waals surface area contributed by atoms with Crippen molar-refractivity contribution in [3.63, 3.8) is 0 Å². The molecule has 2 aromatic carbocycles. The van der Waals surface area contributed by atoms with Gasteiger partial charge in [0.05, 0.1) is 17.6 Å². The molecule has 0 bridgehead atoms. The van der Waals surface area contributed by atoms with Gasteiger partial charge < -0.3 is 4.90 Å². The molecule has 33 heavy (non-hydrogen) atoms. The number of aromatic nitrogens is 2. The van der Waals surface area contributed by atoms with E-state index < -0.39 is 0 Å². The van der Waals surface area contributed by atoms with Gasteiger partial charge in [0.25, 0.3) is 5.56 Å². The highest BCUT2D eigenvalue weighted by Gasteiger charge is 2.26. The van der Waals surface area contributed by atoms with Gasteiger partial charge in [-0.2, -0.15) is 0 Å². The van der Waals surface area contributed by atoms with Crippen LogP contribution in [0.25, 0.3) is 15.9 Å². The van der Waals surface area contributed by atoms with Crippen molar-refractivity contribution in [3.8, 4) is 5.69 Å². The number of thioether (sulfide) groups is 1. The van der Waals surface area contributed by atoms with Gasteiger partial charge in [0.1, 0.15) is 4.83 Å². The predicted octanol–water partition coefficient (Wildman–Crippen LogP) is 5.26. The van der Waals surface area contributed by atoms with Gasteiger partial charge >= 0.3 is 0 Å². The number of aryl methyl sites for hydroxylation is 2. The predicted molar refractivity (Wildman–Crippen MR) is 135 cm³/mol. The van der Waals surface area contributed by atoms with Gasteiger partial charge in [0.15, 0.2) is 5.16 Å². The van der Waals surface area contributed by atoms with Crippen LogP contribution in [0.3, 0.4) is 0 Å². The zero-order valence-electron chi connectivity index (χ0n) is 18.9. The molecule has 0 N–H and O–H groups in total. The Hall–Kier alpha value is -2.90. The zero-order valence-corrected chi connectivity index (χ0v) is 20.6. The van der Waals surface area contributed by atoms with Crippen LogP contribution in [0.4, 0.5) is 0 Å². The number of fused-ring (bicyclic) bond motifs is 3. The number of amides is 1. The largest absolute Gasteiger partial charge is 0.337 e. The number of nitrogens with zero attached hydrogens (tertiary/aromatic N) is 3. The van der Waals surface area contributed by atoms with Crippen LogP contribution in [0.5, 0.6) is 0 Å². The summed E-state index contributed by atoms with van der Waals surface area (Å²) < 4.78 is 1.76. The highest BCUT2D eigenvalue weighted by molar-refractivity contribution is 7.98. The standard InChI is InChI=1S/C26H25N3O2S2/c1-16-7-9-19(10-8-16)15-32-26-27-24-23(21-11-12-28(18(3)30)14-22(21)33-24)25(31)29(26)20-6-4-5-17(2)13-20/h4-10,13H,11-12,14-15H2,1-3H3. The first-order valence-electron chi connectivity index (χ1n) is 11.0. The van der Waals surface area contributed by atoms with Crippen molar-refractivity contribution < 1.29 is 4.79 Å². The fourth-order valence-electron chi connectivity index (χ4n) is 4.22. The molecule has 5 nitrogen and oxygen atoms in total. The monoisotopic (exact) mass is 475 g/mol. The molecule has 1 aliphatic rings. The smallest absolute Gasteiger partial charge is 0.267 e. The van der Waals surface area contributed by atoms with Crippen LogP contribution in [0.1, 0.15) is 34.1 Å². The Bertz CT molecular complexity index is 1420. The topological polar surface area (TPSA) is 55.2 Å². The summed E-state index contributed by atoms with van der Waals surface area (Å²) in [7, 11) is 0. The van der Waals surface area contributed by atoms with Crippen LogP contribution >= 0.6 is 23.1 Å². The van der Waals surface area contributed by atoms with E-state index in [4.69, 9.17) is 4.98 Å². The van der Waals surface area contributed by atoms with Crippen LogP contribution in [-0.4, -0.2) is 26.9 Å². The number of carbonyl (C=O) groups excluding carboxylic acids is 1. The minimum atomic E-state index is -0.0224. The van der Waals surface area contributed by atoms with Gasteiger partial charge in [-0.1, -0.05) is 53.7 Å². The second-order valence-corrected chi connectivity index (χ2v) is 10.5. The third-order valence-electron chi connectivity index (χ3n) is 6.04. The van der Waals surface area contributed by atoms with Crippen molar-refractivity contribution in [2.75, 3.05) is 6.54 Å². The highest BCUT2D eigenvalue weighted by Crippen LogP contribution is 2.35. The van der Waals surface area contributed by atoms with E-state index in [1.54, 1.807) is 34.6 Å².